The van der Waals surface area contributed by atoms with E-state index >= 15 is 0 Å². The maximum absolute atomic E-state index is 5.71. The van der Waals surface area contributed by atoms with Crippen LogP contribution in [0.25, 0.3) is 0 Å². The Bertz CT molecular complexity index is 362. The van der Waals surface area contributed by atoms with Crippen molar-refractivity contribution in [2.24, 2.45) is 0 Å². The summed E-state index contributed by atoms with van der Waals surface area (Å²) in [5.41, 5.74) is 2.94. The van der Waals surface area contributed by atoms with Gasteiger partial charge in [-0.05, 0) is 55.5 Å². The van der Waals surface area contributed by atoms with E-state index < -0.39 is 0 Å². The molecule has 0 radical (unpaired) electrons. The lowest BCUT2D eigenvalue weighted by atomic mass is 10.1. The first-order chi connectivity index (χ1) is 8.35. The Labute approximate surface area is 104 Å². The van der Waals surface area contributed by atoms with E-state index in [2.05, 4.69) is 37.4 Å². The molecule has 0 spiro atoms. The first-order valence-electron chi connectivity index (χ1n) is 6.84. The van der Waals surface area contributed by atoms with Gasteiger partial charge in [-0.2, -0.15) is 0 Å². The fraction of sp³-hybridized carbons (Fsp3) is 0.600. The van der Waals surface area contributed by atoms with Crippen molar-refractivity contribution in [2.45, 2.75) is 45.6 Å². The van der Waals surface area contributed by atoms with Crippen LogP contribution in [0.3, 0.4) is 0 Å². The zero-order valence-electron chi connectivity index (χ0n) is 11.0. The van der Waals surface area contributed by atoms with Crippen LogP contribution in [0.4, 0.5) is 0 Å². The molecule has 0 aromatic heterocycles. The molecule has 1 aromatic rings. The van der Waals surface area contributed by atoms with Crippen molar-refractivity contribution in [1.29, 1.82) is 0 Å². The number of hydrogen-bond donors (Lipinski definition) is 1. The van der Waals surface area contributed by atoms with Crippen LogP contribution in [0, 0.1) is 0 Å². The third-order valence-corrected chi connectivity index (χ3v) is 3.31. The van der Waals surface area contributed by atoms with E-state index in [1.54, 1.807) is 0 Å². The van der Waals surface area contributed by atoms with E-state index in [-0.39, 0.29) is 0 Å². The maximum atomic E-state index is 5.71. The lowest BCUT2D eigenvalue weighted by Gasteiger charge is -2.14. The number of nitrogens with one attached hydrogen (secondary N) is 1. The fourth-order valence-corrected chi connectivity index (χ4v) is 2.42. The van der Waals surface area contributed by atoms with E-state index in [0.717, 1.165) is 25.3 Å². The smallest absolute Gasteiger partial charge is 0.119 e. The number of aryl methyl sites for hydroxylation is 1. The van der Waals surface area contributed by atoms with Gasteiger partial charge in [0.15, 0.2) is 0 Å². The van der Waals surface area contributed by atoms with Crippen LogP contribution in [0.2, 0.25) is 0 Å². The first-order valence-corrected chi connectivity index (χ1v) is 6.84. The van der Waals surface area contributed by atoms with E-state index in [1.807, 2.05) is 0 Å². The van der Waals surface area contributed by atoms with Gasteiger partial charge in [-0.1, -0.05) is 19.9 Å². The van der Waals surface area contributed by atoms with Crippen molar-refractivity contribution in [3.05, 3.63) is 29.3 Å². The van der Waals surface area contributed by atoms with Crippen molar-refractivity contribution in [2.75, 3.05) is 13.2 Å². The molecule has 1 aliphatic rings. The summed E-state index contributed by atoms with van der Waals surface area (Å²) in [7, 11) is 0. The number of rotatable bonds is 6. The number of hydrogen-bond acceptors (Lipinski definition) is 2. The van der Waals surface area contributed by atoms with Gasteiger partial charge >= 0.3 is 0 Å². The lowest BCUT2D eigenvalue weighted by molar-refractivity contribution is 0.317. The van der Waals surface area contributed by atoms with Gasteiger partial charge in [-0.3, -0.25) is 0 Å². The SMILES string of the molecule is CCCNC1CCc2ccc(OCCC)cc21. The van der Waals surface area contributed by atoms with Gasteiger partial charge in [0, 0.05) is 6.04 Å². The molecule has 0 bridgehead atoms. The zero-order chi connectivity index (χ0) is 12.1. The highest BCUT2D eigenvalue weighted by Gasteiger charge is 2.21. The molecular formula is C15H23NO. The summed E-state index contributed by atoms with van der Waals surface area (Å²) in [4.78, 5) is 0. The van der Waals surface area contributed by atoms with Gasteiger partial charge in [0.1, 0.15) is 5.75 Å². The van der Waals surface area contributed by atoms with Gasteiger partial charge in [0.2, 0.25) is 0 Å². The average molecular weight is 233 g/mol. The minimum absolute atomic E-state index is 0.537. The minimum Gasteiger partial charge on any atom is -0.494 e. The van der Waals surface area contributed by atoms with Crippen LogP contribution in [0.15, 0.2) is 18.2 Å². The monoisotopic (exact) mass is 233 g/mol. The molecule has 0 saturated heterocycles. The van der Waals surface area contributed by atoms with Gasteiger partial charge in [-0.15, -0.1) is 0 Å². The van der Waals surface area contributed by atoms with Crippen molar-refractivity contribution >= 4 is 0 Å². The molecule has 0 heterocycles. The molecule has 0 saturated carbocycles. The third-order valence-electron chi connectivity index (χ3n) is 3.31. The highest BCUT2D eigenvalue weighted by molar-refractivity contribution is 5.40. The molecule has 1 atom stereocenters. The Hall–Kier alpha value is -1.02. The topological polar surface area (TPSA) is 21.3 Å². The quantitative estimate of drug-likeness (QED) is 0.812. The van der Waals surface area contributed by atoms with Crippen molar-refractivity contribution in [1.82, 2.24) is 5.32 Å². The molecule has 94 valence electrons. The molecule has 1 N–H and O–H groups in total. The van der Waals surface area contributed by atoms with Gasteiger partial charge in [0.25, 0.3) is 0 Å². The second kappa shape index (κ2) is 6.06. The van der Waals surface area contributed by atoms with Gasteiger partial charge in [0.05, 0.1) is 6.61 Å². The first kappa shape index (κ1) is 12.4. The minimum atomic E-state index is 0.537. The lowest BCUT2D eigenvalue weighted by Crippen LogP contribution is -2.19. The third kappa shape index (κ3) is 3.01. The molecule has 2 rings (SSSR count). The highest BCUT2D eigenvalue weighted by atomic mass is 16.5. The second-order valence-corrected chi connectivity index (χ2v) is 4.75. The predicted molar refractivity (Wildman–Crippen MR) is 71.6 cm³/mol. The average Bonchev–Trinajstić information content (AvgIpc) is 2.76. The van der Waals surface area contributed by atoms with Crippen LogP contribution >= 0.6 is 0 Å². The van der Waals surface area contributed by atoms with Crippen LogP contribution in [-0.2, 0) is 6.42 Å². The normalized spacial score (nSPS) is 18.1. The Morgan fingerprint density at radius 1 is 1.29 bits per heavy atom. The standard InChI is InChI=1S/C15H23NO/c1-3-9-16-15-8-6-12-5-7-13(11-14(12)15)17-10-4-2/h5,7,11,15-16H,3-4,6,8-10H2,1-2H3. The van der Waals surface area contributed by atoms with E-state index in [9.17, 15) is 0 Å². The highest BCUT2D eigenvalue weighted by Crippen LogP contribution is 2.33. The van der Waals surface area contributed by atoms with Gasteiger partial charge in [-0.25, -0.2) is 0 Å². The van der Waals surface area contributed by atoms with E-state index in [4.69, 9.17) is 4.74 Å². The Morgan fingerprint density at radius 3 is 2.94 bits per heavy atom. The summed E-state index contributed by atoms with van der Waals surface area (Å²) < 4.78 is 5.71. The molecular weight excluding hydrogens is 210 g/mol. The van der Waals surface area contributed by atoms with Crippen molar-refractivity contribution in [3.63, 3.8) is 0 Å². The second-order valence-electron chi connectivity index (χ2n) is 4.75. The predicted octanol–water partition coefficient (Wildman–Crippen LogP) is 3.46. The van der Waals surface area contributed by atoms with E-state index in [0.29, 0.717) is 6.04 Å². The zero-order valence-corrected chi connectivity index (χ0v) is 11.0. The van der Waals surface area contributed by atoms with Crippen LogP contribution < -0.4 is 10.1 Å². The summed E-state index contributed by atoms with van der Waals surface area (Å²) in [6.07, 6.45) is 4.68. The summed E-state index contributed by atoms with van der Waals surface area (Å²) in [5.74, 6) is 1.02. The van der Waals surface area contributed by atoms with Crippen LogP contribution in [0.5, 0.6) is 5.75 Å². The summed E-state index contributed by atoms with van der Waals surface area (Å²) in [5, 5.41) is 3.62. The molecule has 2 nitrogen and oxygen atoms in total. The summed E-state index contributed by atoms with van der Waals surface area (Å²) in [6, 6.07) is 7.10. The summed E-state index contributed by atoms with van der Waals surface area (Å²) in [6.45, 7) is 6.26. The van der Waals surface area contributed by atoms with Crippen molar-refractivity contribution < 1.29 is 4.74 Å². The molecule has 0 fully saturated rings. The Kier molecular flexibility index (Phi) is 4.43. The number of benzene rings is 1. The van der Waals surface area contributed by atoms with Crippen molar-refractivity contribution in [3.8, 4) is 5.75 Å². The van der Waals surface area contributed by atoms with Gasteiger partial charge < -0.3 is 10.1 Å². The van der Waals surface area contributed by atoms with E-state index in [1.165, 1.54) is 30.4 Å². The number of fused-ring (bicyclic) bond motifs is 1. The Balaban J connectivity index is 2.07. The molecule has 17 heavy (non-hydrogen) atoms. The molecule has 2 heteroatoms. The Morgan fingerprint density at radius 2 is 2.18 bits per heavy atom. The molecule has 0 aliphatic heterocycles. The molecule has 0 amide bonds. The fourth-order valence-electron chi connectivity index (χ4n) is 2.42. The van der Waals surface area contributed by atoms with Crippen LogP contribution in [0.1, 0.15) is 50.3 Å². The molecule has 1 aliphatic carbocycles. The molecule has 1 aromatic carbocycles. The number of ether oxygens (including phenoxy) is 1. The largest absolute Gasteiger partial charge is 0.494 e. The van der Waals surface area contributed by atoms with Crippen LogP contribution in [-0.4, -0.2) is 13.2 Å². The molecule has 1 unspecified atom stereocenters. The maximum Gasteiger partial charge on any atom is 0.119 e. The summed E-state index contributed by atoms with van der Waals surface area (Å²) >= 11 is 0.